The Morgan fingerprint density at radius 2 is 1.89 bits per heavy atom. The van der Waals surface area contributed by atoms with Gasteiger partial charge >= 0.3 is 5.97 Å². The molecule has 0 aliphatic heterocycles. The van der Waals surface area contributed by atoms with Gasteiger partial charge in [0.25, 0.3) is 0 Å². The molecule has 1 atom stereocenters. The summed E-state index contributed by atoms with van der Waals surface area (Å²) in [7, 11) is 0. The molecule has 1 heterocycles. The van der Waals surface area contributed by atoms with Crippen LogP contribution in [-0.4, -0.2) is 22.5 Å². The number of aromatic nitrogens is 2. The molecule has 92 valence electrons. The highest BCUT2D eigenvalue weighted by Crippen LogP contribution is 2.10. The largest absolute Gasteiger partial charge is 0.460 e. The van der Waals surface area contributed by atoms with Gasteiger partial charge in [-0.3, -0.25) is 0 Å². The van der Waals surface area contributed by atoms with Crippen LogP contribution in [-0.2, 0) is 4.74 Å². The Labute approximate surface area is 105 Å². The monoisotopic (exact) mass is 243 g/mol. The van der Waals surface area contributed by atoms with Gasteiger partial charge in [0, 0.05) is 12.4 Å². The van der Waals surface area contributed by atoms with Gasteiger partial charge in [-0.25, -0.2) is 14.8 Å². The molecule has 18 heavy (non-hydrogen) atoms. The van der Waals surface area contributed by atoms with E-state index in [1.807, 2.05) is 30.3 Å². The quantitative estimate of drug-likeness (QED) is 0.820. The van der Waals surface area contributed by atoms with Crippen molar-refractivity contribution >= 4 is 5.97 Å². The van der Waals surface area contributed by atoms with Crippen LogP contribution >= 0.6 is 0 Å². The second-order valence-electron chi connectivity index (χ2n) is 3.74. The molecule has 0 saturated heterocycles. The number of carbonyl (C=O) groups is 1. The minimum Gasteiger partial charge on any atom is -0.460 e. The summed E-state index contributed by atoms with van der Waals surface area (Å²) in [6, 6.07) is 9.14. The third-order valence-electron chi connectivity index (χ3n) is 2.42. The number of hydrogen-bond donors (Lipinski definition) is 1. The van der Waals surface area contributed by atoms with Crippen LogP contribution in [0.25, 0.3) is 0 Å². The molecule has 0 bridgehead atoms. The van der Waals surface area contributed by atoms with Crippen molar-refractivity contribution in [1.29, 1.82) is 0 Å². The van der Waals surface area contributed by atoms with Gasteiger partial charge in [-0.05, 0) is 5.56 Å². The van der Waals surface area contributed by atoms with E-state index < -0.39 is 5.97 Å². The Kier molecular flexibility index (Phi) is 3.98. The van der Waals surface area contributed by atoms with Crippen LogP contribution in [0.15, 0.2) is 49.1 Å². The van der Waals surface area contributed by atoms with E-state index in [0.717, 1.165) is 5.56 Å². The van der Waals surface area contributed by atoms with E-state index in [-0.39, 0.29) is 12.6 Å². The third-order valence-corrected chi connectivity index (χ3v) is 2.42. The molecule has 2 aromatic rings. The van der Waals surface area contributed by atoms with Crippen LogP contribution in [0.5, 0.6) is 0 Å². The highest BCUT2D eigenvalue weighted by molar-refractivity contribution is 5.88. The van der Waals surface area contributed by atoms with E-state index in [1.165, 1.54) is 18.7 Å². The summed E-state index contributed by atoms with van der Waals surface area (Å²) >= 11 is 0. The van der Waals surface area contributed by atoms with E-state index in [4.69, 9.17) is 10.5 Å². The fourth-order valence-corrected chi connectivity index (χ4v) is 1.45. The Morgan fingerprint density at radius 3 is 2.56 bits per heavy atom. The molecule has 2 rings (SSSR count). The molecule has 0 aliphatic carbocycles. The Hall–Kier alpha value is -2.27. The van der Waals surface area contributed by atoms with E-state index >= 15 is 0 Å². The van der Waals surface area contributed by atoms with E-state index in [2.05, 4.69) is 9.97 Å². The lowest BCUT2D eigenvalue weighted by molar-refractivity contribution is 0.0480. The fourth-order valence-electron chi connectivity index (χ4n) is 1.45. The Bertz CT molecular complexity index is 502. The van der Waals surface area contributed by atoms with Gasteiger partial charge in [-0.2, -0.15) is 0 Å². The zero-order valence-corrected chi connectivity index (χ0v) is 9.69. The van der Waals surface area contributed by atoms with Crippen LogP contribution in [0, 0.1) is 0 Å². The fraction of sp³-hybridized carbons (Fsp3) is 0.154. The SMILES string of the molecule is NC(COC(=O)c1cncnc1)c1ccccc1. The summed E-state index contributed by atoms with van der Waals surface area (Å²) in [4.78, 5) is 19.1. The number of nitrogens with two attached hydrogens (primary N) is 1. The van der Waals surface area contributed by atoms with Gasteiger partial charge in [0.05, 0.1) is 11.6 Å². The highest BCUT2D eigenvalue weighted by atomic mass is 16.5. The summed E-state index contributed by atoms with van der Waals surface area (Å²) in [5.41, 5.74) is 7.16. The van der Waals surface area contributed by atoms with Crippen LogP contribution in [0.2, 0.25) is 0 Å². The summed E-state index contributed by atoms with van der Waals surface area (Å²) < 4.78 is 5.10. The first-order valence-corrected chi connectivity index (χ1v) is 5.50. The average molecular weight is 243 g/mol. The van der Waals surface area contributed by atoms with Crippen LogP contribution in [0.1, 0.15) is 22.0 Å². The zero-order valence-electron chi connectivity index (χ0n) is 9.69. The average Bonchev–Trinajstić information content (AvgIpc) is 2.46. The molecule has 1 aromatic heterocycles. The Balaban J connectivity index is 1.91. The Morgan fingerprint density at radius 1 is 1.22 bits per heavy atom. The van der Waals surface area contributed by atoms with E-state index in [1.54, 1.807) is 0 Å². The van der Waals surface area contributed by atoms with Gasteiger partial charge < -0.3 is 10.5 Å². The molecule has 0 spiro atoms. The van der Waals surface area contributed by atoms with Crippen molar-refractivity contribution in [2.24, 2.45) is 5.73 Å². The number of rotatable bonds is 4. The van der Waals surface area contributed by atoms with E-state index in [9.17, 15) is 4.79 Å². The van der Waals surface area contributed by atoms with Crippen LogP contribution in [0.3, 0.4) is 0 Å². The minimum atomic E-state index is -0.470. The standard InChI is InChI=1S/C13H13N3O2/c14-12(10-4-2-1-3-5-10)8-18-13(17)11-6-15-9-16-7-11/h1-7,9,12H,8,14H2. The van der Waals surface area contributed by atoms with Crippen molar-refractivity contribution in [1.82, 2.24) is 9.97 Å². The zero-order chi connectivity index (χ0) is 12.8. The van der Waals surface area contributed by atoms with Crippen molar-refractivity contribution < 1.29 is 9.53 Å². The normalized spacial score (nSPS) is 11.8. The molecule has 0 saturated carbocycles. The van der Waals surface area contributed by atoms with Crippen molar-refractivity contribution in [3.63, 3.8) is 0 Å². The minimum absolute atomic E-state index is 0.123. The summed E-state index contributed by atoms with van der Waals surface area (Å²) in [6.07, 6.45) is 4.17. The molecule has 5 nitrogen and oxygen atoms in total. The predicted molar refractivity (Wildman–Crippen MR) is 65.7 cm³/mol. The molecule has 1 unspecified atom stereocenters. The third kappa shape index (κ3) is 3.11. The lowest BCUT2D eigenvalue weighted by atomic mass is 10.1. The lowest BCUT2D eigenvalue weighted by Crippen LogP contribution is -2.19. The van der Waals surface area contributed by atoms with Gasteiger partial charge in [0.1, 0.15) is 12.9 Å². The molecule has 0 fully saturated rings. The maximum absolute atomic E-state index is 11.6. The number of ether oxygens (including phenoxy) is 1. The first kappa shape index (κ1) is 12.2. The first-order chi connectivity index (χ1) is 8.77. The van der Waals surface area contributed by atoms with Gasteiger partial charge in [0.2, 0.25) is 0 Å². The predicted octanol–water partition coefficient (Wildman–Crippen LogP) is 1.33. The van der Waals surface area contributed by atoms with Gasteiger partial charge in [-0.15, -0.1) is 0 Å². The van der Waals surface area contributed by atoms with E-state index in [0.29, 0.717) is 5.56 Å². The first-order valence-electron chi connectivity index (χ1n) is 5.50. The maximum Gasteiger partial charge on any atom is 0.341 e. The topological polar surface area (TPSA) is 78.1 Å². The van der Waals surface area contributed by atoms with Gasteiger partial charge in [0.15, 0.2) is 0 Å². The van der Waals surface area contributed by atoms with Crippen molar-refractivity contribution in [3.05, 3.63) is 60.2 Å². The summed E-state index contributed by atoms with van der Waals surface area (Å²) in [5.74, 6) is -0.470. The summed E-state index contributed by atoms with van der Waals surface area (Å²) in [6.45, 7) is 0.123. The molecule has 0 radical (unpaired) electrons. The van der Waals surface area contributed by atoms with Crippen molar-refractivity contribution in [2.45, 2.75) is 6.04 Å². The molecular formula is C13H13N3O2. The summed E-state index contributed by atoms with van der Waals surface area (Å²) in [5, 5.41) is 0. The van der Waals surface area contributed by atoms with Crippen molar-refractivity contribution in [2.75, 3.05) is 6.61 Å². The van der Waals surface area contributed by atoms with Crippen LogP contribution < -0.4 is 5.73 Å². The lowest BCUT2D eigenvalue weighted by Gasteiger charge is -2.12. The molecule has 2 N–H and O–H groups in total. The number of carbonyl (C=O) groups excluding carboxylic acids is 1. The second-order valence-corrected chi connectivity index (χ2v) is 3.74. The number of esters is 1. The molecule has 5 heteroatoms. The molecule has 0 aliphatic rings. The number of benzene rings is 1. The maximum atomic E-state index is 11.6. The van der Waals surface area contributed by atoms with Gasteiger partial charge in [-0.1, -0.05) is 30.3 Å². The molecule has 1 aromatic carbocycles. The number of hydrogen-bond acceptors (Lipinski definition) is 5. The molecule has 0 amide bonds. The highest BCUT2D eigenvalue weighted by Gasteiger charge is 2.11. The molecular weight excluding hydrogens is 230 g/mol. The van der Waals surface area contributed by atoms with Crippen LogP contribution in [0.4, 0.5) is 0 Å². The number of nitrogens with zero attached hydrogens (tertiary/aromatic N) is 2. The second kappa shape index (κ2) is 5.88. The smallest absolute Gasteiger partial charge is 0.341 e. The van der Waals surface area contributed by atoms with Crippen molar-refractivity contribution in [3.8, 4) is 0 Å².